The summed E-state index contributed by atoms with van der Waals surface area (Å²) in [6.45, 7) is 3.86. The van der Waals surface area contributed by atoms with E-state index < -0.39 is 18.6 Å². The molecule has 9 nitrogen and oxygen atoms in total. The molecule has 4 aromatic rings. The molecule has 1 amide bonds. The summed E-state index contributed by atoms with van der Waals surface area (Å²) in [5.41, 5.74) is 2.06. The lowest BCUT2D eigenvalue weighted by molar-refractivity contribution is -0.115. The van der Waals surface area contributed by atoms with Crippen LogP contribution in [0.4, 0.5) is 36.3 Å². The Hall–Kier alpha value is -4.29. The van der Waals surface area contributed by atoms with Gasteiger partial charge >= 0.3 is 6.18 Å². The molecule has 2 heterocycles. The molecular formula is C27H23Cl2F3N6O3. The van der Waals surface area contributed by atoms with Crippen LogP contribution in [0.2, 0.25) is 10.0 Å². The molecule has 0 fully saturated rings. The van der Waals surface area contributed by atoms with Crippen LogP contribution in [-0.2, 0) is 4.79 Å². The molecule has 0 unspecified atom stereocenters. The molecule has 0 aliphatic carbocycles. The van der Waals surface area contributed by atoms with E-state index in [-0.39, 0.29) is 50.1 Å². The Morgan fingerprint density at radius 3 is 2.39 bits per heavy atom. The SMILES string of the molecule is C=CC(=O)Nc1cccc(C)c1Nc1ncc2cc(-c3c(Cl)c(OC)cc(OC)c3Cl)nc(NCC(F)(F)F)c2n1. The summed E-state index contributed by atoms with van der Waals surface area (Å²) < 4.78 is 50.3. The van der Waals surface area contributed by atoms with Crippen LogP contribution >= 0.6 is 23.2 Å². The number of fused-ring (bicyclic) bond motifs is 1. The number of aryl methyl sites for hydroxylation is 1. The molecule has 3 N–H and O–H groups in total. The summed E-state index contributed by atoms with van der Waals surface area (Å²) >= 11 is 13.1. The van der Waals surface area contributed by atoms with Crippen molar-refractivity contribution in [2.24, 2.45) is 0 Å². The zero-order valence-corrected chi connectivity index (χ0v) is 23.4. The van der Waals surface area contributed by atoms with Gasteiger partial charge in [-0.15, -0.1) is 0 Å². The first kappa shape index (κ1) is 29.7. The highest BCUT2D eigenvalue weighted by Gasteiger charge is 2.28. The van der Waals surface area contributed by atoms with Gasteiger partial charge in [0.2, 0.25) is 11.9 Å². The summed E-state index contributed by atoms with van der Waals surface area (Å²) in [5, 5.41) is 8.54. The molecule has 0 saturated carbocycles. The van der Waals surface area contributed by atoms with Crippen molar-refractivity contribution in [1.29, 1.82) is 0 Å². The second kappa shape index (κ2) is 12.1. The van der Waals surface area contributed by atoms with Crippen LogP contribution in [0.15, 0.2) is 49.2 Å². The fourth-order valence-corrected chi connectivity index (χ4v) is 4.57. The fourth-order valence-electron chi connectivity index (χ4n) is 3.88. The highest BCUT2D eigenvalue weighted by atomic mass is 35.5. The van der Waals surface area contributed by atoms with Crippen molar-refractivity contribution in [3.63, 3.8) is 0 Å². The van der Waals surface area contributed by atoms with Crippen LogP contribution in [0, 0.1) is 6.92 Å². The quantitative estimate of drug-likeness (QED) is 0.172. The Bertz CT molecular complexity index is 1620. The number of hydrogen-bond acceptors (Lipinski definition) is 8. The van der Waals surface area contributed by atoms with Gasteiger partial charge in [-0.1, -0.05) is 41.9 Å². The standard InChI is InChI=1S/C27H23Cl2F3N6O3/c1-5-19(39)35-15-8-6-7-13(2)23(15)37-26-33-11-14-9-16(36-25(24(14)38-26)34-12-27(30,31)32)20-21(28)17(40-3)10-18(41-4)22(20)29/h5-11H,1,12H2,2-4H3,(H,34,36)(H,35,39)(H,33,37,38). The number of benzene rings is 2. The van der Waals surface area contributed by atoms with Gasteiger partial charge in [-0.25, -0.2) is 15.0 Å². The first-order chi connectivity index (χ1) is 19.4. The van der Waals surface area contributed by atoms with Crippen LogP contribution in [0.3, 0.4) is 0 Å². The minimum absolute atomic E-state index is 0.0459. The van der Waals surface area contributed by atoms with Crippen LogP contribution in [0.5, 0.6) is 11.5 Å². The van der Waals surface area contributed by atoms with E-state index in [9.17, 15) is 18.0 Å². The third kappa shape index (κ3) is 6.55. The number of anilines is 4. The minimum atomic E-state index is -4.55. The zero-order chi connectivity index (χ0) is 29.9. The van der Waals surface area contributed by atoms with E-state index >= 15 is 0 Å². The molecular weight excluding hydrogens is 584 g/mol. The molecule has 0 radical (unpaired) electrons. The third-order valence-electron chi connectivity index (χ3n) is 5.80. The van der Waals surface area contributed by atoms with E-state index in [1.165, 1.54) is 32.5 Å². The number of alkyl halides is 3. The molecule has 214 valence electrons. The Morgan fingerprint density at radius 2 is 1.78 bits per heavy atom. The number of ether oxygens (including phenoxy) is 2. The molecule has 0 aliphatic rings. The lowest BCUT2D eigenvalue weighted by Crippen LogP contribution is -2.22. The van der Waals surface area contributed by atoms with Gasteiger partial charge in [0.15, 0.2) is 5.82 Å². The van der Waals surface area contributed by atoms with Crippen LogP contribution < -0.4 is 25.4 Å². The van der Waals surface area contributed by atoms with Gasteiger partial charge in [-0.3, -0.25) is 4.79 Å². The molecule has 14 heteroatoms. The van der Waals surface area contributed by atoms with Crippen molar-refractivity contribution < 1.29 is 27.4 Å². The van der Waals surface area contributed by atoms with E-state index in [0.717, 1.165) is 11.6 Å². The maximum atomic E-state index is 13.2. The number of rotatable bonds is 9. The first-order valence-corrected chi connectivity index (χ1v) is 12.6. The number of aromatic nitrogens is 3. The van der Waals surface area contributed by atoms with Crippen molar-refractivity contribution in [1.82, 2.24) is 15.0 Å². The summed E-state index contributed by atoms with van der Waals surface area (Å²) in [6.07, 6.45) is -2.02. The van der Waals surface area contributed by atoms with Crippen molar-refractivity contribution >= 4 is 63.2 Å². The maximum Gasteiger partial charge on any atom is 0.405 e. The number of amides is 1. The van der Waals surface area contributed by atoms with Gasteiger partial charge in [-0.2, -0.15) is 13.2 Å². The monoisotopic (exact) mass is 606 g/mol. The highest BCUT2D eigenvalue weighted by molar-refractivity contribution is 6.41. The number of pyridine rings is 1. The van der Waals surface area contributed by atoms with E-state index in [1.54, 1.807) is 25.1 Å². The average molecular weight is 607 g/mol. The van der Waals surface area contributed by atoms with E-state index in [2.05, 4.69) is 37.5 Å². The minimum Gasteiger partial charge on any atom is -0.495 e. The van der Waals surface area contributed by atoms with Gasteiger partial charge in [0.05, 0.1) is 41.3 Å². The highest BCUT2D eigenvalue weighted by Crippen LogP contribution is 2.46. The largest absolute Gasteiger partial charge is 0.495 e. The van der Waals surface area contributed by atoms with Gasteiger partial charge < -0.3 is 25.4 Å². The third-order valence-corrected chi connectivity index (χ3v) is 6.56. The van der Waals surface area contributed by atoms with Gasteiger partial charge in [0, 0.05) is 23.2 Å². The Labute approximate surface area is 242 Å². The molecule has 0 bridgehead atoms. The molecule has 2 aromatic heterocycles. The second-order valence-corrected chi connectivity index (χ2v) is 9.31. The molecule has 0 atom stereocenters. The van der Waals surface area contributed by atoms with Crippen molar-refractivity contribution in [3.8, 4) is 22.8 Å². The predicted octanol–water partition coefficient (Wildman–Crippen LogP) is 7.17. The molecule has 0 spiro atoms. The number of methoxy groups -OCH3 is 2. The average Bonchev–Trinajstić information content (AvgIpc) is 2.93. The number of halogens is 5. The van der Waals surface area contributed by atoms with Crippen LogP contribution in [-0.4, -0.2) is 47.8 Å². The number of hydrogen-bond donors (Lipinski definition) is 3. The summed E-state index contributed by atoms with van der Waals surface area (Å²) in [4.78, 5) is 25.1. The van der Waals surface area contributed by atoms with Gasteiger partial charge in [-0.05, 0) is 30.7 Å². The Balaban J connectivity index is 1.87. The van der Waals surface area contributed by atoms with Crippen LogP contribution in [0.1, 0.15) is 5.56 Å². The van der Waals surface area contributed by atoms with Crippen molar-refractivity contribution in [2.45, 2.75) is 13.1 Å². The normalized spacial score (nSPS) is 11.2. The Kier molecular flexibility index (Phi) is 8.74. The number of carbonyl (C=O) groups is 1. The van der Waals surface area contributed by atoms with Crippen molar-refractivity contribution in [3.05, 3.63) is 64.8 Å². The number of carbonyl (C=O) groups excluding carboxylic acids is 1. The molecule has 0 saturated heterocycles. The van der Waals surface area contributed by atoms with E-state index in [0.29, 0.717) is 16.8 Å². The van der Waals surface area contributed by atoms with Crippen molar-refractivity contribution in [2.75, 3.05) is 36.7 Å². The lowest BCUT2D eigenvalue weighted by atomic mass is 10.1. The molecule has 2 aromatic carbocycles. The predicted molar refractivity (Wildman–Crippen MR) is 154 cm³/mol. The van der Waals surface area contributed by atoms with Gasteiger partial charge in [0.25, 0.3) is 0 Å². The van der Waals surface area contributed by atoms with Gasteiger partial charge in [0.1, 0.15) is 23.6 Å². The topological polar surface area (TPSA) is 110 Å². The fraction of sp³-hybridized carbons (Fsp3) is 0.185. The van der Waals surface area contributed by atoms with Crippen LogP contribution in [0.25, 0.3) is 22.2 Å². The summed E-state index contributed by atoms with van der Waals surface area (Å²) in [6, 6.07) is 8.23. The zero-order valence-electron chi connectivity index (χ0n) is 21.9. The summed E-state index contributed by atoms with van der Waals surface area (Å²) in [7, 11) is 2.79. The first-order valence-electron chi connectivity index (χ1n) is 11.8. The van der Waals surface area contributed by atoms with E-state index in [1.807, 2.05) is 0 Å². The number of para-hydroxylation sites is 1. The maximum absolute atomic E-state index is 13.2. The Morgan fingerprint density at radius 1 is 1.10 bits per heavy atom. The second-order valence-electron chi connectivity index (χ2n) is 8.56. The smallest absolute Gasteiger partial charge is 0.405 e. The number of nitrogens with zero attached hydrogens (tertiary/aromatic N) is 3. The molecule has 0 aliphatic heterocycles. The lowest BCUT2D eigenvalue weighted by Gasteiger charge is -2.17. The molecule has 41 heavy (non-hydrogen) atoms. The number of nitrogens with one attached hydrogen (secondary N) is 3. The summed E-state index contributed by atoms with van der Waals surface area (Å²) in [5.74, 6) is -0.130. The van der Waals surface area contributed by atoms with E-state index in [4.69, 9.17) is 32.7 Å². The molecule has 4 rings (SSSR count).